The standard InChI is InChI=1S/C12H13FN4O/c1-8-3-4-9(13)5-10(8)12(18)17(2)6-11-14-7-15-16-11/h3-5,7H,6H2,1-2H3,(H,14,15,16). The number of nitrogens with zero attached hydrogens (tertiary/aromatic N) is 3. The Morgan fingerprint density at radius 3 is 2.94 bits per heavy atom. The number of hydrogen-bond acceptors (Lipinski definition) is 3. The zero-order valence-electron chi connectivity index (χ0n) is 10.1. The summed E-state index contributed by atoms with van der Waals surface area (Å²) in [6.45, 7) is 2.07. The van der Waals surface area contributed by atoms with E-state index in [-0.39, 0.29) is 5.91 Å². The number of carbonyl (C=O) groups is 1. The Kier molecular flexibility index (Phi) is 3.36. The molecule has 2 rings (SSSR count). The lowest BCUT2D eigenvalue weighted by Crippen LogP contribution is -2.27. The molecule has 0 fully saturated rings. The maximum absolute atomic E-state index is 13.1. The molecule has 0 spiro atoms. The van der Waals surface area contributed by atoms with Gasteiger partial charge in [-0.15, -0.1) is 0 Å². The Labute approximate surface area is 104 Å². The molecule has 1 heterocycles. The van der Waals surface area contributed by atoms with Crippen molar-refractivity contribution in [2.75, 3.05) is 7.05 Å². The number of aryl methyl sites for hydroxylation is 1. The van der Waals surface area contributed by atoms with E-state index in [1.165, 1.54) is 23.4 Å². The first-order valence-electron chi connectivity index (χ1n) is 5.44. The molecule has 0 saturated heterocycles. The van der Waals surface area contributed by atoms with Gasteiger partial charge >= 0.3 is 0 Å². The van der Waals surface area contributed by atoms with Gasteiger partial charge in [-0.25, -0.2) is 9.37 Å². The van der Waals surface area contributed by atoms with Crippen molar-refractivity contribution in [2.45, 2.75) is 13.5 Å². The van der Waals surface area contributed by atoms with Gasteiger partial charge in [-0.2, -0.15) is 5.10 Å². The van der Waals surface area contributed by atoms with Gasteiger partial charge in [-0.1, -0.05) is 6.07 Å². The summed E-state index contributed by atoms with van der Waals surface area (Å²) in [4.78, 5) is 17.5. The van der Waals surface area contributed by atoms with E-state index in [1.54, 1.807) is 20.0 Å². The summed E-state index contributed by atoms with van der Waals surface area (Å²) in [6.07, 6.45) is 1.38. The molecule has 2 aromatic rings. The first kappa shape index (κ1) is 12.2. The minimum Gasteiger partial charge on any atom is -0.334 e. The average Bonchev–Trinajstić information content (AvgIpc) is 2.84. The van der Waals surface area contributed by atoms with Crippen LogP contribution in [0.1, 0.15) is 21.7 Å². The molecule has 0 atom stereocenters. The van der Waals surface area contributed by atoms with E-state index in [4.69, 9.17) is 0 Å². The molecule has 0 aliphatic heterocycles. The third kappa shape index (κ3) is 2.53. The van der Waals surface area contributed by atoms with Gasteiger partial charge in [0.2, 0.25) is 0 Å². The number of carbonyl (C=O) groups excluding carboxylic acids is 1. The van der Waals surface area contributed by atoms with Crippen molar-refractivity contribution < 1.29 is 9.18 Å². The molecular formula is C12H13FN4O. The van der Waals surface area contributed by atoms with Gasteiger partial charge in [-0.3, -0.25) is 9.89 Å². The molecule has 1 aromatic carbocycles. The van der Waals surface area contributed by atoms with Gasteiger partial charge < -0.3 is 4.90 Å². The van der Waals surface area contributed by atoms with Gasteiger partial charge in [0.05, 0.1) is 6.54 Å². The molecule has 0 radical (unpaired) electrons. The minimum atomic E-state index is -0.419. The number of halogens is 1. The predicted molar refractivity (Wildman–Crippen MR) is 63.3 cm³/mol. The number of H-pyrrole nitrogens is 1. The number of amides is 1. The highest BCUT2D eigenvalue weighted by Gasteiger charge is 2.15. The van der Waals surface area contributed by atoms with Crippen LogP contribution in [0.5, 0.6) is 0 Å². The van der Waals surface area contributed by atoms with Crippen LogP contribution in [-0.2, 0) is 6.54 Å². The van der Waals surface area contributed by atoms with Crippen molar-refractivity contribution in [3.63, 3.8) is 0 Å². The zero-order valence-corrected chi connectivity index (χ0v) is 10.1. The first-order valence-corrected chi connectivity index (χ1v) is 5.44. The van der Waals surface area contributed by atoms with Crippen LogP contribution in [0.2, 0.25) is 0 Å². The minimum absolute atomic E-state index is 0.247. The summed E-state index contributed by atoms with van der Waals surface area (Å²) in [5.74, 6) is -0.0830. The lowest BCUT2D eigenvalue weighted by Gasteiger charge is -2.16. The number of benzene rings is 1. The van der Waals surface area contributed by atoms with Crippen molar-refractivity contribution >= 4 is 5.91 Å². The summed E-state index contributed by atoms with van der Waals surface area (Å²) in [5.41, 5.74) is 1.10. The fourth-order valence-electron chi connectivity index (χ4n) is 1.63. The predicted octanol–water partition coefficient (Wildman–Crippen LogP) is 1.52. The summed E-state index contributed by atoms with van der Waals surface area (Å²) in [7, 11) is 1.63. The summed E-state index contributed by atoms with van der Waals surface area (Å²) >= 11 is 0. The molecular weight excluding hydrogens is 235 g/mol. The second-order valence-corrected chi connectivity index (χ2v) is 4.05. The number of nitrogens with one attached hydrogen (secondary N) is 1. The molecule has 0 bridgehead atoms. The maximum Gasteiger partial charge on any atom is 0.254 e. The van der Waals surface area contributed by atoms with E-state index < -0.39 is 5.82 Å². The second-order valence-electron chi connectivity index (χ2n) is 4.05. The zero-order chi connectivity index (χ0) is 13.1. The number of rotatable bonds is 3. The van der Waals surface area contributed by atoms with Crippen LogP contribution in [0.3, 0.4) is 0 Å². The van der Waals surface area contributed by atoms with Gasteiger partial charge in [-0.05, 0) is 24.6 Å². The van der Waals surface area contributed by atoms with E-state index in [0.717, 1.165) is 5.56 Å². The van der Waals surface area contributed by atoms with E-state index in [2.05, 4.69) is 15.2 Å². The smallest absolute Gasteiger partial charge is 0.254 e. The highest BCUT2D eigenvalue weighted by molar-refractivity contribution is 5.95. The highest BCUT2D eigenvalue weighted by atomic mass is 19.1. The topological polar surface area (TPSA) is 61.9 Å². The third-order valence-electron chi connectivity index (χ3n) is 2.63. The van der Waals surface area contributed by atoms with Gasteiger partial charge in [0, 0.05) is 12.6 Å². The molecule has 0 unspecified atom stereocenters. The Bertz CT molecular complexity index is 553. The normalized spacial score (nSPS) is 10.4. The first-order chi connectivity index (χ1) is 8.58. The lowest BCUT2D eigenvalue weighted by molar-refractivity contribution is 0.0780. The molecule has 1 aromatic heterocycles. The number of hydrogen-bond donors (Lipinski definition) is 1. The second kappa shape index (κ2) is 4.95. The Morgan fingerprint density at radius 1 is 1.50 bits per heavy atom. The van der Waals surface area contributed by atoms with E-state index in [0.29, 0.717) is 17.9 Å². The SMILES string of the molecule is Cc1ccc(F)cc1C(=O)N(C)Cc1ncn[nH]1. The van der Waals surface area contributed by atoms with E-state index >= 15 is 0 Å². The van der Waals surface area contributed by atoms with Crippen LogP contribution in [-0.4, -0.2) is 33.0 Å². The fraction of sp³-hybridized carbons (Fsp3) is 0.250. The van der Waals surface area contributed by atoms with Gasteiger partial charge in [0.15, 0.2) is 0 Å². The monoisotopic (exact) mass is 248 g/mol. The average molecular weight is 248 g/mol. The molecule has 0 aliphatic carbocycles. The summed E-state index contributed by atoms with van der Waals surface area (Å²) in [5, 5.41) is 6.38. The molecule has 1 N–H and O–H groups in total. The molecule has 0 saturated carbocycles. The number of aromatic nitrogens is 3. The summed E-state index contributed by atoms with van der Waals surface area (Å²) < 4.78 is 13.1. The fourth-order valence-corrected chi connectivity index (χ4v) is 1.63. The number of aromatic amines is 1. The van der Waals surface area contributed by atoms with Crippen molar-refractivity contribution in [3.05, 3.63) is 47.3 Å². The van der Waals surface area contributed by atoms with Crippen LogP contribution in [0.25, 0.3) is 0 Å². The largest absolute Gasteiger partial charge is 0.334 e. The van der Waals surface area contributed by atoms with Crippen molar-refractivity contribution in [1.82, 2.24) is 20.1 Å². The Morgan fingerprint density at radius 2 is 2.28 bits per heavy atom. The Balaban J connectivity index is 2.17. The molecule has 5 nitrogen and oxygen atoms in total. The van der Waals surface area contributed by atoms with Crippen molar-refractivity contribution in [3.8, 4) is 0 Å². The summed E-state index contributed by atoms with van der Waals surface area (Å²) in [6, 6.07) is 4.17. The van der Waals surface area contributed by atoms with Crippen LogP contribution in [0.15, 0.2) is 24.5 Å². The highest BCUT2D eigenvalue weighted by Crippen LogP contribution is 2.13. The van der Waals surface area contributed by atoms with Gasteiger partial charge in [0.25, 0.3) is 5.91 Å². The molecule has 94 valence electrons. The van der Waals surface area contributed by atoms with Crippen LogP contribution in [0.4, 0.5) is 4.39 Å². The Hall–Kier alpha value is -2.24. The molecule has 6 heteroatoms. The molecule has 18 heavy (non-hydrogen) atoms. The van der Waals surface area contributed by atoms with Crippen LogP contribution in [0, 0.1) is 12.7 Å². The lowest BCUT2D eigenvalue weighted by atomic mass is 10.1. The van der Waals surface area contributed by atoms with Gasteiger partial charge in [0.1, 0.15) is 18.0 Å². The van der Waals surface area contributed by atoms with Crippen molar-refractivity contribution in [1.29, 1.82) is 0 Å². The maximum atomic E-state index is 13.1. The third-order valence-corrected chi connectivity index (χ3v) is 2.63. The quantitative estimate of drug-likeness (QED) is 0.895. The van der Waals surface area contributed by atoms with Crippen LogP contribution < -0.4 is 0 Å². The molecule has 1 amide bonds. The van der Waals surface area contributed by atoms with Crippen LogP contribution >= 0.6 is 0 Å². The van der Waals surface area contributed by atoms with E-state index in [9.17, 15) is 9.18 Å². The molecule has 0 aliphatic rings. The van der Waals surface area contributed by atoms with E-state index in [1.807, 2.05) is 0 Å². The van der Waals surface area contributed by atoms with Crippen molar-refractivity contribution in [2.24, 2.45) is 0 Å².